The quantitative estimate of drug-likeness (QED) is 0.276. The fourth-order valence-electron chi connectivity index (χ4n) is 9.23. The van der Waals surface area contributed by atoms with Crippen LogP contribution < -0.4 is 0 Å². The number of aliphatic hydroxyl groups excluding tert-OH is 2. The van der Waals surface area contributed by atoms with Crippen molar-refractivity contribution >= 4 is 0 Å². The number of aliphatic hydroxyl groups is 4. The highest BCUT2D eigenvalue weighted by molar-refractivity contribution is 5.48. The van der Waals surface area contributed by atoms with Gasteiger partial charge in [0.1, 0.15) is 0 Å². The van der Waals surface area contributed by atoms with Gasteiger partial charge in [-0.25, -0.2) is 0 Å². The lowest BCUT2D eigenvalue weighted by Gasteiger charge is -2.39. The Kier molecular flexibility index (Phi) is 13.4. The first-order chi connectivity index (χ1) is 26.3. The molecule has 0 aliphatic carbocycles. The highest BCUT2D eigenvalue weighted by Gasteiger charge is 2.30. The zero-order chi connectivity index (χ0) is 37.3. The predicted octanol–water partition coefficient (Wildman–Crippen LogP) is 3.62. The van der Waals surface area contributed by atoms with E-state index in [1.54, 1.807) is 24.3 Å². The van der Waals surface area contributed by atoms with Gasteiger partial charge in [0, 0.05) is 33.4 Å². The van der Waals surface area contributed by atoms with Crippen LogP contribution in [0.1, 0.15) is 97.3 Å². The van der Waals surface area contributed by atoms with Gasteiger partial charge in [0.05, 0.1) is 26.2 Å². The van der Waals surface area contributed by atoms with Crippen molar-refractivity contribution in [3.63, 3.8) is 0 Å². The van der Waals surface area contributed by atoms with E-state index in [2.05, 4.69) is 67.0 Å². The Bertz CT molecular complexity index is 1580. The molecule has 13 rings (SSSR count). The van der Waals surface area contributed by atoms with Crippen LogP contribution in [0.2, 0.25) is 0 Å². The molecule has 4 saturated heterocycles. The van der Waals surface area contributed by atoms with Crippen LogP contribution in [0.3, 0.4) is 0 Å². The SMILES string of the molecule is OC(O)c1cc2cc(c1)C#CCN1CCC(CC1)C1CCN(CC#Cc3cc(cc(C(O)O)c3)C#CCN3CCC(CC3)C3CCN(CC#C2)CC3)CC1. The highest BCUT2D eigenvalue weighted by atomic mass is 16.5. The van der Waals surface area contributed by atoms with Crippen molar-refractivity contribution in [3.8, 4) is 47.4 Å². The van der Waals surface area contributed by atoms with Crippen LogP contribution >= 0.6 is 0 Å². The minimum atomic E-state index is -1.56. The average Bonchev–Trinajstić information content (AvgIpc) is 3.19. The molecule has 2 aromatic rings. The van der Waals surface area contributed by atoms with E-state index in [0.29, 0.717) is 37.3 Å². The Morgan fingerprint density at radius 3 is 0.796 bits per heavy atom. The first kappa shape index (κ1) is 38.6. The van der Waals surface area contributed by atoms with E-state index in [4.69, 9.17) is 0 Å². The zero-order valence-corrected chi connectivity index (χ0v) is 31.6. The predicted molar refractivity (Wildman–Crippen MR) is 211 cm³/mol. The Balaban J connectivity index is 1.04. The summed E-state index contributed by atoms with van der Waals surface area (Å²) >= 11 is 0. The molecule has 4 N–H and O–H groups in total. The maximum atomic E-state index is 9.97. The lowest BCUT2D eigenvalue weighted by Crippen LogP contribution is -2.41. The number of rotatable bonds is 2. The number of benzene rings is 2. The molecule has 284 valence electrons. The largest absolute Gasteiger partial charge is 0.364 e. The lowest BCUT2D eigenvalue weighted by molar-refractivity contribution is -0.0431. The van der Waals surface area contributed by atoms with Crippen LogP contribution in [0.25, 0.3) is 0 Å². The molecular weight excluding hydrogens is 673 g/mol. The first-order valence-electron chi connectivity index (χ1n) is 20.2. The van der Waals surface area contributed by atoms with Crippen LogP contribution in [-0.2, 0) is 0 Å². The topological polar surface area (TPSA) is 93.9 Å². The lowest BCUT2D eigenvalue weighted by atomic mass is 9.79. The van der Waals surface area contributed by atoms with E-state index in [1.165, 1.54) is 51.4 Å². The fraction of sp³-hybridized carbons (Fsp3) is 0.565. The molecule has 0 unspecified atom stereocenters. The summed E-state index contributed by atoms with van der Waals surface area (Å²) in [5.41, 5.74) is 3.95. The molecule has 11 aliphatic rings. The molecule has 2 aromatic carbocycles. The van der Waals surface area contributed by atoms with E-state index in [9.17, 15) is 20.4 Å². The van der Waals surface area contributed by atoms with Crippen molar-refractivity contribution in [2.75, 3.05) is 78.5 Å². The van der Waals surface area contributed by atoms with Crippen molar-refractivity contribution in [3.05, 3.63) is 69.8 Å². The first-order valence-corrected chi connectivity index (χ1v) is 20.2. The van der Waals surface area contributed by atoms with E-state index >= 15 is 0 Å². The third kappa shape index (κ3) is 10.8. The summed E-state index contributed by atoms with van der Waals surface area (Å²) in [6.07, 6.45) is 6.50. The molecule has 11 aliphatic heterocycles. The van der Waals surface area contributed by atoms with Crippen LogP contribution in [0.15, 0.2) is 36.4 Å². The van der Waals surface area contributed by atoms with E-state index in [0.717, 1.165) is 98.3 Å². The van der Waals surface area contributed by atoms with Gasteiger partial charge in [-0.1, -0.05) is 47.4 Å². The average molecular weight is 729 g/mol. The number of hydrogen-bond acceptors (Lipinski definition) is 8. The van der Waals surface area contributed by atoms with Crippen molar-refractivity contribution in [2.24, 2.45) is 23.7 Å². The molecule has 0 amide bonds. The summed E-state index contributed by atoms with van der Waals surface area (Å²) in [7, 11) is 0. The summed E-state index contributed by atoms with van der Waals surface area (Å²) in [6.45, 7) is 11.3. The van der Waals surface area contributed by atoms with Gasteiger partial charge in [-0.15, -0.1) is 0 Å². The minimum Gasteiger partial charge on any atom is -0.364 e. The molecule has 0 spiro atoms. The fourth-order valence-corrected chi connectivity index (χ4v) is 9.23. The second kappa shape index (κ2) is 18.8. The van der Waals surface area contributed by atoms with Gasteiger partial charge < -0.3 is 20.4 Å². The minimum absolute atomic E-state index is 0.430. The van der Waals surface area contributed by atoms with Gasteiger partial charge in [-0.05, 0) is 164 Å². The zero-order valence-electron chi connectivity index (χ0n) is 31.6. The summed E-state index contributed by atoms with van der Waals surface area (Å²) in [4.78, 5) is 9.78. The Hall–Kier alpha value is -3.64. The van der Waals surface area contributed by atoms with Gasteiger partial charge in [0.25, 0.3) is 0 Å². The van der Waals surface area contributed by atoms with Crippen molar-refractivity contribution in [1.82, 2.24) is 19.6 Å². The van der Waals surface area contributed by atoms with Crippen molar-refractivity contribution in [2.45, 2.75) is 63.9 Å². The monoisotopic (exact) mass is 728 g/mol. The molecular formula is C46H56N4O4. The molecule has 0 saturated carbocycles. The number of piperidine rings is 4. The second-order valence-corrected chi connectivity index (χ2v) is 16.1. The summed E-state index contributed by atoms with van der Waals surface area (Å²) in [5, 5.41) is 39.9. The molecule has 4 fully saturated rings. The van der Waals surface area contributed by atoms with E-state index < -0.39 is 12.6 Å². The third-order valence-electron chi connectivity index (χ3n) is 12.5. The highest BCUT2D eigenvalue weighted by Crippen LogP contribution is 2.33. The van der Waals surface area contributed by atoms with E-state index in [-0.39, 0.29) is 0 Å². The van der Waals surface area contributed by atoms with Crippen LogP contribution in [-0.4, -0.2) is 119 Å². The van der Waals surface area contributed by atoms with Crippen LogP contribution in [0, 0.1) is 71.0 Å². The van der Waals surface area contributed by atoms with Crippen molar-refractivity contribution < 1.29 is 20.4 Å². The Morgan fingerprint density at radius 1 is 0.370 bits per heavy atom. The molecule has 12 bridgehead atoms. The summed E-state index contributed by atoms with van der Waals surface area (Å²) in [5.74, 6) is 29.6. The third-order valence-corrected chi connectivity index (χ3v) is 12.5. The molecule has 8 heteroatoms. The Morgan fingerprint density at radius 2 is 0.593 bits per heavy atom. The van der Waals surface area contributed by atoms with Crippen LogP contribution in [0.4, 0.5) is 0 Å². The number of nitrogens with zero attached hydrogens (tertiary/aromatic N) is 4. The molecule has 0 atom stereocenters. The number of hydrogen-bond donors (Lipinski definition) is 4. The molecule has 0 aromatic heterocycles. The summed E-state index contributed by atoms with van der Waals surface area (Å²) in [6, 6.07) is 11.0. The molecule has 8 nitrogen and oxygen atoms in total. The van der Waals surface area contributed by atoms with Gasteiger partial charge in [-0.2, -0.15) is 0 Å². The maximum absolute atomic E-state index is 9.97. The molecule has 0 radical (unpaired) electrons. The van der Waals surface area contributed by atoms with Crippen LogP contribution in [0.5, 0.6) is 0 Å². The van der Waals surface area contributed by atoms with Gasteiger partial charge in [0.15, 0.2) is 12.6 Å². The molecule has 11 heterocycles. The summed E-state index contributed by atoms with van der Waals surface area (Å²) < 4.78 is 0. The maximum Gasteiger partial charge on any atom is 0.178 e. The normalized spacial score (nSPS) is 30.2. The smallest absolute Gasteiger partial charge is 0.178 e. The second-order valence-electron chi connectivity index (χ2n) is 16.1. The van der Waals surface area contributed by atoms with Gasteiger partial charge in [-0.3, -0.25) is 19.6 Å². The van der Waals surface area contributed by atoms with Crippen molar-refractivity contribution in [1.29, 1.82) is 0 Å². The standard InChI is InChI=1S/C46H56N4O4/c51-45(52)43-31-35-5-1-17-47-21-9-39(10-22-47)40-11-23-49(24-12-40)19-3-7-37-30-38(34-44(33-37)46(53)54)8-4-20-50-27-15-42(16-28-50)41-13-25-48(26-14-41)18-2-6-36(29-35)32-43/h29-34,39-42,45-46,51-54H,9-28H2. The van der Waals surface area contributed by atoms with E-state index in [1.807, 2.05) is 12.1 Å². The Labute approximate surface area is 322 Å². The van der Waals surface area contributed by atoms with Gasteiger partial charge in [0.2, 0.25) is 0 Å². The van der Waals surface area contributed by atoms with Gasteiger partial charge >= 0.3 is 0 Å². The molecule has 54 heavy (non-hydrogen) atoms.